The van der Waals surface area contributed by atoms with Crippen molar-refractivity contribution in [2.24, 2.45) is 0 Å². The molecule has 0 saturated carbocycles. The van der Waals surface area contributed by atoms with Gasteiger partial charge in [0.15, 0.2) is 0 Å². The lowest BCUT2D eigenvalue weighted by atomic mass is 10.2. The van der Waals surface area contributed by atoms with Gasteiger partial charge in [-0.2, -0.15) is 0 Å². The van der Waals surface area contributed by atoms with Crippen molar-refractivity contribution in [3.05, 3.63) is 73.9 Å². The number of fused-ring (bicyclic) bond motifs is 1. The summed E-state index contributed by atoms with van der Waals surface area (Å²) in [5.74, 6) is 0.633. The van der Waals surface area contributed by atoms with Gasteiger partial charge in [0.2, 0.25) is 0 Å². The summed E-state index contributed by atoms with van der Waals surface area (Å²) in [5, 5.41) is 8.78. The third kappa shape index (κ3) is 3.33. The first-order valence-corrected chi connectivity index (χ1v) is 10.3. The summed E-state index contributed by atoms with van der Waals surface area (Å²) in [5.41, 5.74) is 1.87. The summed E-state index contributed by atoms with van der Waals surface area (Å²) in [6.07, 6.45) is 0. The zero-order valence-corrected chi connectivity index (χ0v) is 16.3. The van der Waals surface area contributed by atoms with Gasteiger partial charge in [-0.15, -0.1) is 22.7 Å². The lowest BCUT2D eigenvalue weighted by Gasteiger charge is -2.14. The molecule has 3 heterocycles. The molecule has 4 nitrogen and oxygen atoms in total. The van der Waals surface area contributed by atoms with E-state index in [0.29, 0.717) is 17.8 Å². The van der Waals surface area contributed by atoms with E-state index in [1.54, 1.807) is 11.3 Å². The highest BCUT2D eigenvalue weighted by molar-refractivity contribution is 7.18. The number of benzene rings is 1. The Morgan fingerprint density at radius 2 is 2.08 bits per heavy atom. The molecule has 4 rings (SSSR count). The van der Waals surface area contributed by atoms with Crippen LogP contribution >= 0.6 is 34.3 Å². The van der Waals surface area contributed by atoms with Crippen molar-refractivity contribution in [2.45, 2.75) is 19.5 Å². The van der Waals surface area contributed by atoms with Crippen LogP contribution in [0.2, 0.25) is 5.02 Å². The average Bonchev–Trinajstić information content (AvgIpc) is 3.30. The van der Waals surface area contributed by atoms with Crippen LogP contribution in [0.5, 0.6) is 0 Å². The predicted octanol–water partition coefficient (Wildman–Crippen LogP) is 5.22. The molecule has 4 aromatic rings. The Kier molecular flexibility index (Phi) is 4.91. The molecule has 0 aliphatic carbocycles. The monoisotopic (exact) mass is 401 g/mol. The summed E-state index contributed by atoms with van der Waals surface area (Å²) in [4.78, 5) is 22.1. The molecule has 3 aromatic heterocycles. The van der Waals surface area contributed by atoms with Crippen LogP contribution in [0.4, 0.5) is 0 Å². The van der Waals surface area contributed by atoms with Crippen molar-refractivity contribution in [1.29, 1.82) is 0 Å². The number of halogens is 1. The van der Waals surface area contributed by atoms with Crippen LogP contribution in [0.15, 0.2) is 52.0 Å². The van der Waals surface area contributed by atoms with Gasteiger partial charge in [0.1, 0.15) is 10.7 Å². The molecule has 1 atom stereocenters. The highest BCUT2D eigenvalue weighted by atomic mass is 35.5. The molecule has 0 spiro atoms. The fraction of sp³-hybridized carbons (Fsp3) is 0.158. The summed E-state index contributed by atoms with van der Waals surface area (Å²) < 4.78 is 0. The molecular formula is C19H16ClN3OS2. The Labute approximate surface area is 163 Å². The molecular weight excluding hydrogens is 386 g/mol. The normalized spacial score (nSPS) is 12.5. The summed E-state index contributed by atoms with van der Waals surface area (Å²) in [6, 6.07) is 11.6. The van der Waals surface area contributed by atoms with E-state index in [1.807, 2.05) is 54.1 Å². The van der Waals surface area contributed by atoms with Gasteiger partial charge >= 0.3 is 0 Å². The number of rotatable bonds is 5. The third-order valence-electron chi connectivity index (χ3n) is 4.22. The van der Waals surface area contributed by atoms with E-state index in [2.05, 4.69) is 15.3 Å². The smallest absolute Gasteiger partial charge is 0.260 e. The highest BCUT2D eigenvalue weighted by Gasteiger charge is 2.16. The van der Waals surface area contributed by atoms with Gasteiger partial charge in [-0.05, 0) is 30.0 Å². The maximum absolute atomic E-state index is 12.7. The van der Waals surface area contributed by atoms with Gasteiger partial charge in [0.05, 0.1) is 11.4 Å². The minimum Gasteiger partial charge on any atom is -0.309 e. The van der Waals surface area contributed by atoms with Crippen molar-refractivity contribution in [1.82, 2.24) is 15.3 Å². The van der Waals surface area contributed by atoms with Gasteiger partial charge in [-0.25, -0.2) is 4.98 Å². The number of nitrogens with zero attached hydrogens (tertiary/aromatic N) is 1. The minimum atomic E-state index is -0.101. The van der Waals surface area contributed by atoms with E-state index < -0.39 is 0 Å². The number of H-pyrrole nitrogens is 1. The Morgan fingerprint density at radius 1 is 1.23 bits per heavy atom. The first-order valence-electron chi connectivity index (χ1n) is 8.15. The zero-order chi connectivity index (χ0) is 18.1. The van der Waals surface area contributed by atoms with E-state index in [4.69, 9.17) is 11.6 Å². The molecule has 0 aliphatic rings. The molecule has 0 radical (unpaired) electrons. The second-order valence-electron chi connectivity index (χ2n) is 5.95. The molecule has 0 unspecified atom stereocenters. The van der Waals surface area contributed by atoms with Crippen LogP contribution in [0.3, 0.4) is 0 Å². The van der Waals surface area contributed by atoms with Gasteiger partial charge in [0.25, 0.3) is 5.56 Å². The van der Waals surface area contributed by atoms with E-state index in [0.717, 1.165) is 25.9 Å². The van der Waals surface area contributed by atoms with E-state index in [9.17, 15) is 4.79 Å². The first kappa shape index (κ1) is 17.4. The molecule has 0 amide bonds. The summed E-state index contributed by atoms with van der Waals surface area (Å²) in [6.45, 7) is 2.59. The maximum Gasteiger partial charge on any atom is 0.260 e. The lowest BCUT2D eigenvalue weighted by molar-refractivity contribution is 0.547. The number of aromatic amines is 1. The quantitative estimate of drug-likeness (QED) is 0.482. The van der Waals surface area contributed by atoms with Crippen molar-refractivity contribution in [3.8, 4) is 10.4 Å². The molecule has 7 heteroatoms. The Hall–Kier alpha value is -1.99. The highest BCUT2D eigenvalue weighted by Crippen LogP contribution is 2.33. The van der Waals surface area contributed by atoms with Crippen LogP contribution in [0.25, 0.3) is 20.7 Å². The topological polar surface area (TPSA) is 57.8 Å². The van der Waals surface area contributed by atoms with Gasteiger partial charge in [0, 0.05) is 27.4 Å². The van der Waals surface area contributed by atoms with Crippen LogP contribution in [-0.4, -0.2) is 9.97 Å². The van der Waals surface area contributed by atoms with Gasteiger partial charge in [-0.3, -0.25) is 4.79 Å². The molecule has 1 aromatic carbocycles. The Balaban J connectivity index is 1.61. The molecule has 0 saturated heterocycles. The van der Waals surface area contributed by atoms with E-state index >= 15 is 0 Å². The number of aromatic nitrogens is 2. The number of hydrogen-bond acceptors (Lipinski definition) is 5. The fourth-order valence-electron chi connectivity index (χ4n) is 2.79. The van der Waals surface area contributed by atoms with Crippen LogP contribution in [0, 0.1) is 0 Å². The Morgan fingerprint density at radius 3 is 2.85 bits per heavy atom. The van der Waals surface area contributed by atoms with E-state index in [1.165, 1.54) is 11.3 Å². The standard InChI is InChI=1S/C19H16ClN3OS2/c1-11(21-9-12-5-2-3-6-14(12)20)17-22-18(24)16-13(10-26-19(16)23-17)15-7-4-8-25-15/h2-8,10-11,21H,9H2,1H3,(H,22,23,24)/t11-/m0/s1. The van der Waals surface area contributed by atoms with Crippen molar-refractivity contribution >= 4 is 44.5 Å². The minimum absolute atomic E-state index is 0.0963. The molecule has 0 bridgehead atoms. The molecule has 0 fully saturated rings. The molecule has 132 valence electrons. The fourth-order valence-corrected chi connectivity index (χ4v) is 4.76. The SMILES string of the molecule is C[C@H](NCc1ccccc1Cl)c1nc2scc(-c3cccs3)c2c(=O)[nH]1. The largest absolute Gasteiger partial charge is 0.309 e. The first-order chi connectivity index (χ1) is 12.6. The predicted molar refractivity (Wildman–Crippen MR) is 110 cm³/mol. The number of hydrogen-bond donors (Lipinski definition) is 2. The van der Waals surface area contributed by atoms with Crippen molar-refractivity contribution < 1.29 is 0 Å². The molecule has 26 heavy (non-hydrogen) atoms. The van der Waals surface area contributed by atoms with Gasteiger partial charge in [-0.1, -0.05) is 35.9 Å². The second kappa shape index (κ2) is 7.32. The maximum atomic E-state index is 12.7. The van der Waals surface area contributed by atoms with Crippen molar-refractivity contribution in [3.63, 3.8) is 0 Å². The van der Waals surface area contributed by atoms with Crippen LogP contribution in [0.1, 0.15) is 24.4 Å². The van der Waals surface area contributed by atoms with E-state index in [-0.39, 0.29) is 11.6 Å². The van der Waals surface area contributed by atoms with Crippen molar-refractivity contribution in [2.75, 3.05) is 0 Å². The Bertz CT molecular complexity index is 1100. The van der Waals surface area contributed by atoms with Gasteiger partial charge < -0.3 is 10.3 Å². The van der Waals surface area contributed by atoms with Crippen LogP contribution < -0.4 is 10.9 Å². The summed E-state index contributed by atoms with van der Waals surface area (Å²) in [7, 11) is 0. The zero-order valence-electron chi connectivity index (χ0n) is 14.0. The van der Waals surface area contributed by atoms with Crippen LogP contribution in [-0.2, 0) is 6.54 Å². The number of nitrogens with one attached hydrogen (secondary N) is 2. The summed E-state index contributed by atoms with van der Waals surface area (Å²) >= 11 is 9.32. The third-order valence-corrected chi connectivity index (χ3v) is 6.36. The lowest BCUT2D eigenvalue weighted by Crippen LogP contribution is -2.23. The average molecular weight is 402 g/mol. The molecule has 2 N–H and O–H groups in total. The second-order valence-corrected chi connectivity index (χ2v) is 8.16. The molecule has 0 aliphatic heterocycles. The number of thiophene rings is 2.